The van der Waals surface area contributed by atoms with Crippen molar-refractivity contribution in [3.05, 3.63) is 35.4 Å². The fourth-order valence-corrected chi connectivity index (χ4v) is 2.29. The molecule has 0 saturated carbocycles. The molecule has 2 N–H and O–H groups in total. The Kier molecular flexibility index (Phi) is 3.28. The van der Waals surface area contributed by atoms with Crippen molar-refractivity contribution in [1.82, 2.24) is 0 Å². The highest BCUT2D eigenvalue weighted by molar-refractivity contribution is 5.28. The Bertz CT molecular complexity index is 364. The fourth-order valence-electron chi connectivity index (χ4n) is 2.29. The second kappa shape index (κ2) is 4.53. The molecule has 0 spiro atoms. The third-order valence-electron chi connectivity index (χ3n) is 3.19. The molecule has 0 radical (unpaired) electrons. The monoisotopic (exact) mass is 222 g/mol. The zero-order valence-electron chi connectivity index (χ0n) is 9.52. The molecular formula is C13H18O3. The van der Waals surface area contributed by atoms with E-state index in [1.807, 2.05) is 31.2 Å². The van der Waals surface area contributed by atoms with Crippen LogP contribution in [0.4, 0.5) is 0 Å². The van der Waals surface area contributed by atoms with E-state index in [4.69, 9.17) is 9.84 Å². The van der Waals surface area contributed by atoms with Crippen LogP contribution < -0.4 is 0 Å². The average molecular weight is 222 g/mol. The number of ether oxygens (including phenoxy) is 1. The molecule has 2 unspecified atom stereocenters. The summed E-state index contributed by atoms with van der Waals surface area (Å²) in [4.78, 5) is 0. The van der Waals surface area contributed by atoms with Gasteiger partial charge in [-0.3, -0.25) is 0 Å². The number of hydrogen-bond donors (Lipinski definition) is 2. The van der Waals surface area contributed by atoms with Gasteiger partial charge in [0.2, 0.25) is 0 Å². The lowest BCUT2D eigenvalue weighted by Crippen LogP contribution is -2.37. The van der Waals surface area contributed by atoms with Gasteiger partial charge in [0.05, 0.1) is 24.9 Å². The summed E-state index contributed by atoms with van der Waals surface area (Å²) in [6.45, 7) is 2.57. The van der Waals surface area contributed by atoms with E-state index in [0.717, 1.165) is 11.1 Å². The van der Waals surface area contributed by atoms with Crippen molar-refractivity contribution >= 4 is 0 Å². The summed E-state index contributed by atoms with van der Waals surface area (Å²) in [5.41, 5.74) is 0.919. The van der Waals surface area contributed by atoms with Gasteiger partial charge in [0, 0.05) is 12.8 Å². The minimum Gasteiger partial charge on any atom is -0.392 e. The largest absolute Gasteiger partial charge is 0.392 e. The highest BCUT2D eigenvalue weighted by Gasteiger charge is 2.34. The maximum Gasteiger partial charge on any atom is 0.0943 e. The van der Waals surface area contributed by atoms with Crippen molar-refractivity contribution < 1.29 is 14.9 Å². The van der Waals surface area contributed by atoms with E-state index in [-0.39, 0.29) is 12.7 Å². The lowest BCUT2D eigenvalue weighted by atomic mass is 9.83. The van der Waals surface area contributed by atoms with Crippen molar-refractivity contribution in [3.63, 3.8) is 0 Å². The Morgan fingerprint density at radius 1 is 1.50 bits per heavy atom. The normalized spacial score (nSPS) is 30.3. The molecule has 1 aliphatic rings. The van der Waals surface area contributed by atoms with Crippen LogP contribution in [0.25, 0.3) is 0 Å². The van der Waals surface area contributed by atoms with Crippen LogP contribution in [0.15, 0.2) is 24.3 Å². The zero-order valence-corrected chi connectivity index (χ0v) is 9.52. The molecule has 1 aromatic rings. The SMILES string of the molecule is CC1CC(O)(c2cccc(CO)c2)CCO1. The molecule has 1 aliphatic heterocycles. The van der Waals surface area contributed by atoms with Crippen LogP contribution in [0.5, 0.6) is 0 Å². The van der Waals surface area contributed by atoms with Crippen LogP contribution >= 0.6 is 0 Å². The van der Waals surface area contributed by atoms with E-state index in [1.54, 1.807) is 0 Å². The molecular weight excluding hydrogens is 204 g/mol. The molecule has 88 valence electrons. The third kappa shape index (κ3) is 2.26. The summed E-state index contributed by atoms with van der Waals surface area (Å²) in [5, 5.41) is 19.7. The number of aliphatic hydroxyl groups excluding tert-OH is 1. The van der Waals surface area contributed by atoms with Gasteiger partial charge in [0.15, 0.2) is 0 Å². The van der Waals surface area contributed by atoms with Crippen molar-refractivity contribution in [2.24, 2.45) is 0 Å². The second-order valence-corrected chi connectivity index (χ2v) is 4.53. The predicted molar refractivity (Wildman–Crippen MR) is 60.9 cm³/mol. The van der Waals surface area contributed by atoms with Gasteiger partial charge in [-0.1, -0.05) is 24.3 Å². The maximum absolute atomic E-state index is 10.6. The Hall–Kier alpha value is -0.900. The smallest absolute Gasteiger partial charge is 0.0943 e. The quantitative estimate of drug-likeness (QED) is 0.798. The van der Waals surface area contributed by atoms with E-state index in [9.17, 15) is 5.11 Å². The highest BCUT2D eigenvalue weighted by Crippen LogP contribution is 2.34. The molecule has 1 heterocycles. The fraction of sp³-hybridized carbons (Fsp3) is 0.538. The molecule has 2 atom stereocenters. The average Bonchev–Trinajstić information content (AvgIpc) is 2.29. The Labute approximate surface area is 95.7 Å². The minimum atomic E-state index is -0.803. The van der Waals surface area contributed by atoms with Gasteiger partial charge in [-0.05, 0) is 18.1 Å². The molecule has 0 aromatic heterocycles. The van der Waals surface area contributed by atoms with Gasteiger partial charge in [-0.25, -0.2) is 0 Å². The van der Waals surface area contributed by atoms with Crippen LogP contribution in [0, 0.1) is 0 Å². The number of benzene rings is 1. The van der Waals surface area contributed by atoms with Crippen LogP contribution in [0.3, 0.4) is 0 Å². The summed E-state index contributed by atoms with van der Waals surface area (Å²) < 4.78 is 5.44. The van der Waals surface area contributed by atoms with E-state index in [0.29, 0.717) is 19.4 Å². The van der Waals surface area contributed by atoms with E-state index in [1.165, 1.54) is 0 Å². The summed E-state index contributed by atoms with van der Waals surface area (Å²) in [6.07, 6.45) is 1.31. The van der Waals surface area contributed by atoms with Crippen LogP contribution in [-0.4, -0.2) is 22.9 Å². The standard InChI is InChI=1S/C13H18O3/c1-10-8-13(15,5-6-16-10)12-4-2-3-11(7-12)9-14/h2-4,7,10,14-15H,5-6,8-9H2,1H3. The lowest BCUT2D eigenvalue weighted by molar-refractivity contribution is -0.101. The molecule has 2 rings (SSSR count). The highest BCUT2D eigenvalue weighted by atomic mass is 16.5. The summed E-state index contributed by atoms with van der Waals surface area (Å²) in [6, 6.07) is 7.52. The van der Waals surface area contributed by atoms with Gasteiger partial charge in [-0.2, -0.15) is 0 Å². The first-order valence-corrected chi connectivity index (χ1v) is 5.68. The molecule has 1 aromatic carbocycles. The van der Waals surface area contributed by atoms with Crippen molar-refractivity contribution in [2.75, 3.05) is 6.61 Å². The molecule has 1 fully saturated rings. The van der Waals surface area contributed by atoms with Crippen molar-refractivity contribution in [2.45, 2.75) is 38.1 Å². The Morgan fingerprint density at radius 3 is 3.00 bits per heavy atom. The minimum absolute atomic E-state index is 0.00989. The number of aliphatic hydroxyl groups is 2. The van der Waals surface area contributed by atoms with Gasteiger partial charge < -0.3 is 14.9 Å². The molecule has 3 heteroatoms. The molecule has 0 aliphatic carbocycles. The van der Waals surface area contributed by atoms with E-state index in [2.05, 4.69) is 0 Å². The van der Waals surface area contributed by atoms with E-state index < -0.39 is 5.60 Å². The predicted octanol–water partition coefficient (Wildman–Crippen LogP) is 1.57. The van der Waals surface area contributed by atoms with Gasteiger partial charge in [0.25, 0.3) is 0 Å². The first-order valence-electron chi connectivity index (χ1n) is 5.68. The lowest BCUT2D eigenvalue weighted by Gasteiger charge is -2.36. The number of rotatable bonds is 2. The van der Waals surface area contributed by atoms with Gasteiger partial charge in [-0.15, -0.1) is 0 Å². The first kappa shape index (κ1) is 11.6. The van der Waals surface area contributed by atoms with Crippen LogP contribution in [-0.2, 0) is 16.9 Å². The Balaban J connectivity index is 2.27. The number of hydrogen-bond acceptors (Lipinski definition) is 3. The zero-order chi connectivity index (χ0) is 11.6. The summed E-state index contributed by atoms with van der Waals surface area (Å²) in [7, 11) is 0. The molecule has 0 amide bonds. The van der Waals surface area contributed by atoms with E-state index >= 15 is 0 Å². The van der Waals surface area contributed by atoms with Gasteiger partial charge in [0.1, 0.15) is 0 Å². The summed E-state index contributed by atoms with van der Waals surface area (Å²) >= 11 is 0. The third-order valence-corrected chi connectivity index (χ3v) is 3.19. The summed E-state index contributed by atoms with van der Waals surface area (Å²) in [5.74, 6) is 0. The van der Waals surface area contributed by atoms with Crippen molar-refractivity contribution in [3.8, 4) is 0 Å². The molecule has 16 heavy (non-hydrogen) atoms. The first-order chi connectivity index (χ1) is 7.64. The maximum atomic E-state index is 10.6. The molecule has 0 bridgehead atoms. The molecule has 1 saturated heterocycles. The van der Waals surface area contributed by atoms with Crippen LogP contribution in [0.2, 0.25) is 0 Å². The topological polar surface area (TPSA) is 49.7 Å². The Morgan fingerprint density at radius 2 is 2.31 bits per heavy atom. The molecule has 3 nitrogen and oxygen atoms in total. The van der Waals surface area contributed by atoms with Crippen LogP contribution in [0.1, 0.15) is 30.9 Å². The van der Waals surface area contributed by atoms with Gasteiger partial charge >= 0.3 is 0 Å². The van der Waals surface area contributed by atoms with Crippen molar-refractivity contribution in [1.29, 1.82) is 0 Å². The second-order valence-electron chi connectivity index (χ2n) is 4.53.